The predicted octanol–water partition coefficient (Wildman–Crippen LogP) is 2.96. The van der Waals surface area contributed by atoms with E-state index < -0.39 is 17.4 Å². The molecule has 3 rings (SSSR count). The summed E-state index contributed by atoms with van der Waals surface area (Å²) in [6.07, 6.45) is 1.52. The number of anilines is 1. The second-order valence-corrected chi connectivity index (χ2v) is 6.13. The summed E-state index contributed by atoms with van der Waals surface area (Å²) in [5.74, 6) is -1.48. The first-order valence-corrected chi connectivity index (χ1v) is 7.80. The summed E-state index contributed by atoms with van der Waals surface area (Å²) in [7, 11) is 0. The lowest BCUT2D eigenvalue weighted by Crippen LogP contribution is -2.42. The van der Waals surface area contributed by atoms with E-state index >= 15 is 0 Å². The van der Waals surface area contributed by atoms with Gasteiger partial charge in [0.25, 0.3) is 0 Å². The molecule has 6 heteroatoms. The number of hydrogen-bond acceptors (Lipinski definition) is 3. The number of carbonyl (C=O) groups is 2. The molecule has 5 nitrogen and oxygen atoms in total. The first-order valence-electron chi connectivity index (χ1n) is 7.42. The number of nitrogens with zero attached hydrogens (tertiary/aromatic N) is 1. The van der Waals surface area contributed by atoms with Crippen molar-refractivity contribution in [2.24, 2.45) is 0 Å². The third kappa shape index (κ3) is 3.39. The first kappa shape index (κ1) is 16.0. The van der Waals surface area contributed by atoms with E-state index in [1.54, 1.807) is 30.3 Å². The molecular weight excluding hydrogens is 326 g/mol. The van der Waals surface area contributed by atoms with Crippen molar-refractivity contribution in [1.82, 2.24) is 5.32 Å². The van der Waals surface area contributed by atoms with Crippen molar-refractivity contribution in [2.45, 2.75) is 18.4 Å². The molecule has 2 amide bonds. The molecule has 1 aliphatic carbocycles. The van der Waals surface area contributed by atoms with Gasteiger partial charge < -0.3 is 10.6 Å². The van der Waals surface area contributed by atoms with E-state index in [9.17, 15) is 9.59 Å². The van der Waals surface area contributed by atoms with Gasteiger partial charge in [-0.25, -0.2) is 0 Å². The summed E-state index contributed by atoms with van der Waals surface area (Å²) in [5.41, 5.74) is 1.18. The number of carbonyl (C=O) groups excluding carboxylic acids is 2. The van der Waals surface area contributed by atoms with Crippen LogP contribution < -0.4 is 10.6 Å². The highest BCUT2D eigenvalue weighted by Crippen LogP contribution is 2.45. The van der Waals surface area contributed by atoms with Gasteiger partial charge in [-0.2, -0.15) is 5.26 Å². The van der Waals surface area contributed by atoms with Gasteiger partial charge in [-0.3, -0.25) is 9.59 Å². The Kier molecular flexibility index (Phi) is 4.24. The molecule has 0 unspecified atom stereocenters. The lowest BCUT2D eigenvalue weighted by molar-refractivity contribution is -0.136. The van der Waals surface area contributed by atoms with Crippen molar-refractivity contribution in [1.29, 1.82) is 5.26 Å². The number of benzene rings is 2. The topological polar surface area (TPSA) is 82.0 Å². The number of rotatable bonds is 3. The molecule has 0 bridgehead atoms. The van der Waals surface area contributed by atoms with Crippen LogP contribution in [0.1, 0.15) is 24.0 Å². The van der Waals surface area contributed by atoms with Crippen LogP contribution in [-0.2, 0) is 15.1 Å². The van der Waals surface area contributed by atoms with E-state index in [-0.39, 0.29) is 0 Å². The molecule has 24 heavy (non-hydrogen) atoms. The summed E-state index contributed by atoms with van der Waals surface area (Å²) in [6.45, 7) is 0. The van der Waals surface area contributed by atoms with Crippen molar-refractivity contribution in [3.05, 3.63) is 64.7 Å². The van der Waals surface area contributed by atoms with Gasteiger partial charge in [0, 0.05) is 10.7 Å². The fourth-order valence-corrected chi connectivity index (χ4v) is 2.72. The number of nitriles is 1. The fraction of sp³-hybridized carbons (Fsp3) is 0.167. The second-order valence-electron chi connectivity index (χ2n) is 5.69. The van der Waals surface area contributed by atoms with E-state index in [0.717, 1.165) is 18.4 Å². The average molecular weight is 340 g/mol. The van der Waals surface area contributed by atoms with Crippen LogP contribution >= 0.6 is 11.6 Å². The van der Waals surface area contributed by atoms with Crippen LogP contribution in [0, 0.1) is 11.3 Å². The minimum absolute atomic E-state index is 0.404. The largest absolute Gasteiger partial charge is 0.338 e. The molecule has 1 saturated carbocycles. The molecule has 1 aliphatic rings. The van der Waals surface area contributed by atoms with Crippen LogP contribution in [0.25, 0.3) is 0 Å². The normalized spacial score (nSPS) is 14.3. The molecule has 2 N–H and O–H groups in total. The SMILES string of the molecule is N#Cc1cccc(NC(=O)C(=O)NC2(c3cccc(Cl)c3)CC2)c1. The zero-order valence-corrected chi connectivity index (χ0v) is 13.4. The van der Waals surface area contributed by atoms with Crippen LogP contribution in [0.4, 0.5) is 5.69 Å². The van der Waals surface area contributed by atoms with E-state index in [1.165, 1.54) is 6.07 Å². The van der Waals surface area contributed by atoms with Gasteiger partial charge in [0.2, 0.25) is 0 Å². The highest BCUT2D eigenvalue weighted by atomic mass is 35.5. The smallest absolute Gasteiger partial charge is 0.313 e. The molecule has 0 spiro atoms. The van der Waals surface area contributed by atoms with Gasteiger partial charge in [0.05, 0.1) is 17.2 Å². The van der Waals surface area contributed by atoms with Crippen molar-refractivity contribution in [3.8, 4) is 6.07 Å². The molecule has 1 fully saturated rings. The zero-order valence-electron chi connectivity index (χ0n) is 12.7. The first-order chi connectivity index (χ1) is 11.5. The third-order valence-electron chi connectivity index (χ3n) is 3.94. The molecular formula is C18H14ClN3O2. The van der Waals surface area contributed by atoms with Gasteiger partial charge in [-0.05, 0) is 48.7 Å². The van der Waals surface area contributed by atoms with Crippen molar-refractivity contribution < 1.29 is 9.59 Å². The Labute approximate surface area is 144 Å². The summed E-state index contributed by atoms with van der Waals surface area (Å²) in [6, 6.07) is 15.6. The number of hydrogen-bond donors (Lipinski definition) is 2. The molecule has 0 atom stereocenters. The van der Waals surface area contributed by atoms with Gasteiger partial charge in [0.1, 0.15) is 0 Å². The van der Waals surface area contributed by atoms with Gasteiger partial charge in [-0.1, -0.05) is 29.8 Å². The fourth-order valence-electron chi connectivity index (χ4n) is 2.53. The zero-order chi connectivity index (χ0) is 17.2. The van der Waals surface area contributed by atoms with E-state index in [1.807, 2.05) is 18.2 Å². The Morgan fingerprint density at radius 3 is 2.50 bits per heavy atom. The van der Waals surface area contributed by atoms with Gasteiger partial charge in [-0.15, -0.1) is 0 Å². The van der Waals surface area contributed by atoms with Crippen molar-refractivity contribution in [2.75, 3.05) is 5.32 Å². The van der Waals surface area contributed by atoms with Crippen LogP contribution in [0.5, 0.6) is 0 Å². The maximum atomic E-state index is 12.2. The standard InChI is InChI=1S/C18H14ClN3O2/c19-14-5-2-4-13(10-14)18(7-8-18)22-17(24)16(23)21-15-6-1-3-12(9-15)11-20/h1-6,9-10H,7-8H2,(H,21,23)(H,22,24). The van der Waals surface area contributed by atoms with E-state index in [2.05, 4.69) is 10.6 Å². The van der Waals surface area contributed by atoms with Crippen LogP contribution in [-0.4, -0.2) is 11.8 Å². The van der Waals surface area contributed by atoms with E-state index in [4.69, 9.17) is 16.9 Å². The Hall–Kier alpha value is -2.84. The highest BCUT2D eigenvalue weighted by Gasteiger charge is 2.46. The minimum Gasteiger partial charge on any atom is -0.338 e. The lowest BCUT2D eigenvalue weighted by Gasteiger charge is -2.18. The summed E-state index contributed by atoms with van der Waals surface area (Å²) < 4.78 is 0. The summed E-state index contributed by atoms with van der Waals surface area (Å²) >= 11 is 6.00. The lowest BCUT2D eigenvalue weighted by atomic mass is 10.1. The van der Waals surface area contributed by atoms with Crippen molar-refractivity contribution >= 4 is 29.1 Å². The third-order valence-corrected chi connectivity index (χ3v) is 4.17. The maximum Gasteiger partial charge on any atom is 0.313 e. The Morgan fingerprint density at radius 2 is 1.83 bits per heavy atom. The number of halogens is 1. The Morgan fingerprint density at radius 1 is 1.08 bits per heavy atom. The number of nitrogens with one attached hydrogen (secondary N) is 2. The second kappa shape index (κ2) is 6.34. The minimum atomic E-state index is -0.765. The average Bonchev–Trinajstić information content (AvgIpc) is 3.35. The van der Waals surface area contributed by atoms with Crippen LogP contribution in [0.15, 0.2) is 48.5 Å². The van der Waals surface area contributed by atoms with E-state index in [0.29, 0.717) is 16.3 Å². The molecule has 0 heterocycles. The molecule has 2 aromatic carbocycles. The molecule has 0 radical (unpaired) electrons. The Balaban J connectivity index is 1.68. The maximum absolute atomic E-state index is 12.2. The quantitative estimate of drug-likeness (QED) is 0.843. The van der Waals surface area contributed by atoms with Crippen LogP contribution in [0.2, 0.25) is 5.02 Å². The monoisotopic (exact) mass is 339 g/mol. The summed E-state index contributed by atoms with van der Waals surface area (Å²) in [4.78, 5) is 24.3. The van der Waals surface area contributed by atoms with Crippen molar-refractivity contribution in [3.63, 3.8) is 0 Å². The van der Waals surface area contributed by atoms with Gasteiger partial charge in [0.15, 0.2) is 0 Å². The molecule has 0 saturated heterocycles. The highest BCUT2D eigenvalue weighted by molar-refractivity contribution is 6.39. The molecule has 0 aromatic heterocycles. The Bertz CT molecular complexity index is 853. The molecule has 0 aliphatic heterocycles. The predicted molar refractivity (Wildman–Crippen MR) is 90.3 cm³/mol. The summed E-state index contributed by atoms with van der Waals surface area (Å²) in [5, 5.41) is 14.7. The van der Waals surface area contributed by atoms with Gasteiger partial charge >= 0.3 is 11.8 Å². The molecule has 2 aromatic rings. The molecule has 120 valence electrons. The number of amides is 2. The van der Waals surface area contributed by atoms with Crippen LogP contribution in [0.3, 0.4) is 0 Å².